The fraction of sp³-hybridized carbons (Fsp3) is 0.353. The molecule has 3 aromatic carbocycles. The molecule has 0 saturated heterocycles. The summed E-state index contributed by atoms with van der Waals surface area (Å²) in [6.45, 7) is 3.97. The van der Waals surface area contributed by atoms with Crippen LogP contribution in [0.1, 0.15) is 75.1 Å². The molecule has 2 amide bonds. The predicted molar refractivity (Wildman–Crippen MR) is 154 cm³/mol. The number of ether oxygens (including phenoxy) is 1. The molecule has 200 valence electrons. The number of carbonyl (C=O) groups excluding carboxylic acids is 2. The monoisotopic (exact) mass is 520 g/mol. The highest BCUT2D eigenvalue weighted by Crippen LogP contribution is 2.38. The average molecular weight is 521 g/mol. The Balaban J connectivity index is 1.06. The molecule has 39 heavy (non-hydrogen) atoms. The summed E-state index contributed by atoms with van der Waals surface area (Å²) < 4.78 is 6.56. The molecule has 2 heterocycles. The van der Waals surface area contributed by atoms with Crippen molar-refractivity contribution in [2.75, 3.05) is 26.2 Å². The maximum absolute atomic E-state index is 12.6. The third-order valence-electron chi connectivity index (χ3n) is 8.33. The highest BCUT2D eigenvalue weighted by Gasteiger charge is 2.34. The van der Waals surface area contributed by atoms with Crippen molar-refractivity contribution >= 4 is 17.4 Å². The molecule has 0 aromatic heterocycles. The van der Waals surface area contributed by atoms with Crippen LogP contribution in [0.5, 0.6) is 5.75 Å². The van der Waals surface area contributed by atoms with Crippen molar-refractivity contribution in [1.29, 1.82) is 0 Å². The molecule has 5 heteroatoms. The van der Waals surface area contributed by atoms with Gasteiger partial charge in [-0.25, -0.2) is 0 Å². The van der Waals surface area contributed by atoms with Crippen molar-refractivity contribution in [2.24, 2.45) is 0 Å². The van der Waals surface area contributed by atoms with Crippen molar-refractivity contribution in [3.8, 4) is 5.75 Å². The first-order valence-electron chi connectivity index (χ1n) is 14.4. The molecular weight excluding hydrogens is 484 g/mol. The van der Waals surface area contributed by atoms with Crippen molar-refractivity contribution in [1.82, 2.24) is 9.80 Å². The quantitative estimate of drug-likeness (QED) is 0.245. The second kappa shape index (κ2) is 11.6. The molecule has 0 bridgehead atoms. The molecule has 0 radical (unpaired) electrons. The summed E-state index contributed by atoms with van der Waals surface area (Å²) in [4.78, 5) is 29.1. The molecule has 0 spiro atoms. The normalized spacial score (nSPS) is 17.1. The summed E-state index contributed by atoms with van der Waals surface area (Å²) in [5, 5.41) is 0. The standard InChI is InChI=1S/C34H36N2O3/c37-33-30-14-6-7-15-31(30)34(38)36(33)21-9-8-20-35-22-18-27(19-23-35)29-17-16-26-12-4-5-13-28(26)32(29)39-24-25-10-2-1-3-11-25/h1-3,6-7,10-11,14-18H,4-5,8-9,12-13,19-24H2. The number of benzene rings is 3. The molecule has 0 N–H and O–H groups in total. The van der Waals surface area contributed by atoms with E-state index in [2.05, 4.69) is 47.4 Å². The van der Waals surface area contributed by atoms with Gasteiger partial charge in [-0.05, 0) is 85.9 Å². The van der Waals surface area contributed by atoms with Gasteiger partial charge >= 0.3 is 0 Å². The summed E-state index contributed by atoms with van der Waals surface area (Å²) in [5.41, 5.74) is 7.76. The summed E-state index contributed by atoms with van der Waals surface area (Å²) in [6.07, 6.45) is 9.87. The van der Waals surface area contributed by atoms with Crippen LogP contribution in [0.25, 0.3) is 5.57 Å². The van der Waals surface area contributed by atoms with Gasteiger partial charge in [0, 0.05) is 25.2 Å². The van der Waals surface area contributed by atoms with Crippen LogP contribution >= 0.6 is 0 Å². The van der Waals surface area contributed by atoms with Gasteiger partial charge in [-0.2, -0.15) is 0 Å². The van der Waals surface area contributed by atoms with Crippen LogP contribution in [0, 0.1) is 0 Å². The van der Waals surface area contributed by atoms with Crippen molar-refractivity contribution in [2.45, 2.75) is 51.6 Å². The molecule has 0 unspecified atom stereocenters. The van der Waals surface area contributed by atoms with Gasteiger partial charge in [0.15, 0.2) is 0 Å². The third kappa shape index (κ3) is 5.41. The van der Waals surface area contributed by atoms with Gasteiger partial charge in [-0.15, -0.1) is 0 Å². The lowest BCUT2D eigenvalue weighted by molar-refractivity contribution is 0.0650. The SMILES string of the molecule is O=C1c2ccccc2C(=O)N1CCCCN1CC=C(c2ccc3c(c2OCc2ccccc2)CCCC3)CC1. The van der Waals surface area contributed by atoms with Crippen LogP contribution in [0.3, 0.4) is 0 Å². The lowest BCUT2D eigenvalue weighted by Gasteiger charge is -2.29. The van der Waals surface area contributed by atoms with Crippen LogP contribution in [-0.2, 0) is 19.4 Å². The molecule has 5 nitrogen and oxygen atoms in total. The molecule has 6 rings (SSSR count). The van der Waals surface area contributed by atoms with Crippen LogP contribution in [0.2, 0.25) is 0 Å². The van der Waals surface area contributed by atoms with E-state index in [0.29, 0.717) is 24.3 Å². The number of hydrogen-bond donors (Lipinski definition) is 0. The lowest BCUT2D eigenvalue weighted by Crippen LogP contribution is -2.32. The van der Waals surface area contributed by atoms with E-state index in [1.165, 1.54) is 45.6 Å². The summed E-state index contributed by atoms with van der Waals surface area (Å²) in [7, 11) is 0. The van der Waals surface area contributed by atoms with Gasteiger partial charge in [-0.3, -0.25) is 19.4 Å². The van der Waals surface area contributed by atoms with Gasteiger partial charge in [0.1, 0.15) is 12.4 Å². The highest BCUT2D eigenvalue weighted by molar-refractivity contribution is 6.21. The maximum atomic E-state index is 12.6. The first kappa shape index (κ1) is 25.6. The summed E-state index contributed by atoms with van der Waals surface area (Å²) in [6, 6.07) is 22.2. The highest BCUT2D eigenvalue weighted by atomic mass is 16.5. The number of carbonyl (C=O) groups is 2. The van der Waals surface area contributed by atoms with Gasteiger partial charge in [0.25, 0.3) is 11.8 Å². The molecule has 0 atom stereocenters. The zero-order chi connectivity index (χ0) is 26.6. The molecular formula is C34H36N2O3. The van der Waals surface area contributed by atoms with E-state index in [-0.39, 0.29) is 11.8 Å². The first-order chi connectivity index (χ1) is 19.2. The largest absolute Gasteiger partial charge is 0.488 e. The average Bonchev–Trinajstić information content (AvgIpc) is 3.23. The maximum Gasteiger partial charge on any atom is 0.261 e. The van der Waals surface area contributed by atoms with E-state index in [0.717, 1.165) is 57.5 Å². The predicted octanol–water partition coefficient (Wildman–Crippen LogP) is 6.31. The van der Waals surface area contributed by atoms with E-state index in [1.807, 2.05) is 18.2 Å². The van der Waals surface area contributed by atoms with E-state index < -0.39 is 0 Å². The molecule has 0 saturated carbocycles. The smallest absolute Gasteiger partial charge is 0.261 e. The van der Waals surface area contributed by atoms with Gasteiger partial charge in [0.05, 0.1) is 11.1 Å². The number of aryl methyl sites for hydroxylation is 1. The molecule has 3 aromatic rings. The second-order valence-corrected chi connectivity index (χ2v) is 10.9. The topological polar surface area (TPSA) is 49.9 Å². The van der Waals surface area contributed by atoms with Crippen LogP contribution < -0.4 is 4.74 Å². The zero-order valence-electron chi connectivity index (χ0n) is 22.5. The Morgan fingerprint density at radius 1 is 0.718 bits per heavy atom. The minimum atomic E-state index is -0.156. The van der Waals surface area contributed by atoms with Crippen LogP contribution in [-0.4, -0.2) is 47.8 Å². The minimum absolute atomic E-state index is 0.156. The van der Waals surface area contributed by atoms with E-state index in [9.17, 15) is 9.59 Å². The van der Waals surface area contributed by atoms with Crippen LogP contribution in [0.15, 0.2) is 72.8 Å². The number of rotatable bonds is 9. The number of unbranched alkanes of at least 4 members (excludes halogenated alkanes) is 1. The van der Waals surface area contributed by atoms with Gasteiger partial charge in [0.2, 0.25) is 0 Å². The fourth-order valence-corrected chi connectivity index (χ4v) is 6.15. The van der Waals surface area contributed by atoms with Crippen molar-refractivity contribution in [3.63, 3.8) is 0 Å². The Bertz CT molecular complexity index is 1360. The summed E-state index contributed by atoms with van der Waals surface area (Å²) in [5.74, 6) is 0.782. The van der Waals surface area contributed by atoms with Gasteiger partial charge < -0.3 is 4.74 Å². The molecule has 0 fully saturated rings. The van der Waals surface area contributed by atoms with E-state index in [4.69, 9.17) is 4.74 Å². The third-order valence-corrected chi connectivity index (χ3v) is 8.33. The zero-order valence-corrected chi connectivity index (χ0v) is 22.5. The second-order valence-electron chi connectivity index (χ2n) is 10.9. The van der Waals surface area contributed by atoms with Crippen molar-refractivity contribution in [3.05, 3.63) is 106 Å². The lowest BCUT2D eigenvalue weighted by atomic mass is 9.86. The summed E-state index contributed by atoms with van der Waals surface area (Å²) >= 11 is 0. The fourth-order valence-electron chi connectivity index (χ4n) is 6.15. The van der Waals surface area contributed by atoms with Gasteiger partial charge in [-0.1, -0.05) is 60.7 Å². The van der Waals surface area contributed by atoms with E-state index >= 15 is 0 Å². The Labute approximate surface area is 231 Å². The number of amides is 2. The van der Waals surface area contributed by atoms with Crippen molar-refractivity contribution < 1.29 is 14.3 Å². The number of hydrogen-bond acceptors (Lipinski definition) is 4. The Hall–Kier alpha value is -3.70. The number of nitrogens with zero attached hydrogens (tertiary/aromatic N) is 2. The Morgan fingerprint density at radius 2 is 1.44 bits per heavy atom. The number of fused-ring (bicyclic) bond motifs is 2. The Kier molecular flexibility index (Phi) is 7.60. The molecule has 3 aliphatic rings. The Morgan fingerprint density at radius 3 is 2.18 bits per heavy atom. The number of imide groups is 1. The van der Waals surface area contributed by atoms with Crippen LogP contribution in [0.4, 0.5) is 0 Å². The molecule has 2 aliphatic heterocycles. The minimum Gasteiger partial charge on any atom is -0.488 e. The molecule has 1 aliphatic carbocycles. The van der Waals surface area contributed by atoms with E-state index in [1.54, 1.807) is 12.1 Å². The first-order valence-corrected chi connectivity index (χ1v) is 14.4.